The Balaban J connectivity index is 1.89. The third-order valence-electron chi connectivity index (χ3n) is 4.44. The molecule has 3 rings (SSSR count). The molecule has 0 aromatic carbocycles. The highest BCUT2D eigenvalue weighted by Gasteiger charge is 2.50. The molecule has 7 nitrogen and oxygen atoms in total. The molecule has 0 saturated carbocycles. The lowest BCUT2D eigenvalue weighted by atomic mass is 9.71. The van der Waals surface area contributed by atoms with Crippen molar-refractivity contribution in [3.63, 3.8) is 0 Å². The highest BCUT2D eigenvalue weighted by atomic mass is 16.5. The van der Waals surface area contributed by atoms with E-state index in [0.29, 0.717) is 6.42 Å². The Labute approximate surface area is 114 Å². The molecule has 0 radical (unpaired) electrons. The summed E-state index contributed by atoms with van der Waals surface area (Å²) in [5.41, 5.74) is 0.742. The zero-order valence-corrected chi connectivity index (χ0v) is 10.8. The van der Waals surface area contributed by atoms with Crippen LogP contribution in [0.25, 0.3) is 0 Å². The van der Waals surface area contributed by atoms with Crippen molar-refractivity contribution in [1.29, 1.82) is 0 Å². The average molecular weight is 278 g/mol. The van der Waals surface area contributed by atoms with Gasteiger partial charge >= 0.3 is 0 Å². The number of hydrogen-bond acceptors (Lipinski definition) is 5. The maximum Gasteiger partial charge on any atom is 0.257 e. The van der Waals surface area contributed by atoms with Gasteiger partial charge in [-0.1, -0.05) is 11.6 Å². The van der Waals surface area contributed by atoms with Crippen LogP contribution in [0.4, 0.5) is 0 Å². The Kier molecular flexibility index (Phi) is 2.75. The van der Waals surface area contributed by atoms with Crippen molar-refractivity contribution in [1.82, 2.24) is 10.4 Å². The Morgan fingerprint density at radius 1 is 1.20 bits per heavy atom. The second kappa shape index (κ2) is 4.24. The lowest BCUT2D eigenvalue weighted by Gasteiger charge is -2.29. The molecule has 0 aromatic rings. The van der Waals surface area contributed by atoms with Gasteiger partial charge in [-0.3, -0.25) is 29.7 Å². The van der Waals surface area contributed by atoms with Crippen LogP contribution in [0.1, 0.15) is 19.8 Å². The molecule has 0 bridgehead atoms. The molecule has 0 spiro atoms. The molecule has 3 aliphatic rings. The van der Waals surface area contributed by atoms with Gasteiger partial charge in [-0.05, 0) is 19.3 Å². The molecule has 2 N–H and O–H groups in total. The summed E-state index contributed by atoms with van der Waals surface area (Å²) in [6.45, 7) is 1.75. The lowest BCUT2D eigenvalue weighted by molar-refractivity contribution is -0.172. The number of nitrogens with one attached hydrogen (secondary N) is 1. The number of fused-ring (bicyclic) bond motifs is 1. The van der Waals surface area contributed by atoms with Gasteiger partial charge in [-0.25, -0.2) is 0 Å². The fraction of sp³-hybridized carbons (Fsp3) is 0.538. The van der Waals surface area contributed by atoms with E-state index in [1.807, 2.05) is 0 Å². The van der Waals surface area contributed by atoms with E-state index in [4.69, 9.17) is 0 Å². The third-order valence-corrected chi connectivity index (χ3v) is 4.44. The SMILES string of the molecule is CC1=CC(C2CC(=O)N(O)C2=O)CC2C(=O)NC(=O)C12. The summed E-state index contributed by atoms with van der Waals surface area (Å²) in [7, 11) is 0. The summed E-state index contributed by atoms with van der Waals surface area (Å²) in [4.78, 5) is 46.6. The maximum atomic E-state index is 11.8. The standard InChI is InChI=1S/C13H14N2O5/c1-5-2-6(7-4-9(16)15(20)13(7)19)3-8-10(5)12(18)14-11(8)17/h2,6-8,10,20H,3-4H2,1H3,(H,14,17,18). The Hall–Kier alpha value is -2.02. The summed E-state index contributed by atoms with van der Waals surface area (Å²) in [6.07, 6.45) is 2.07. The van der Waals surface area contributed by atoms with E-state index < -0.39 is 29.6 Å². The molecule has 106 valence electrons. The minimum Gasteiger partial charge on any atom is -0.296 e. The first-order chi connectivity index (χ1) is 9.40. The summed E-state index contributed by atoms with van der Waals surface area (Å²) in [6, 6.07) is 0. The number of hydrogen-bond donors (Lipinski definition) is 2. The van der Waals surface area contributed by atoms with Crippen molar-refractivity contribution in [2.75, 3.05) is 0 Å². The van der Waals surface area contributed by atoms with Gasteiger partial charge in [-0.15, -0.1) is 0 Å². The summed E-state index contributed by atoms with van der Waals surface area (Å²) in [5.74, 6) is -3.77. The first-order valence-electron chi connectivity index (χ1n) is 6.49. The highest BCUT2D eigenvalue weighted by Crippen LogP contribution is 2.42. The van der Waals surface area contributed by atoms with Crippen LogP contribution in [-0.2, 0) is 19.2 Å². The monoisotopic (exact) mass is 278 g/mol. The van der Waals surface area contributed by atoms with Crippen LogP contribution in [0.2, 0.25) is 0 Å². The minimum atomic E-state index is -0.646. The van der Waals surface area contributed by atoms with E-state index in [-0.39, 0.29) is 29.2 Å². The minimum absolute atomic E-state index is 0.0588. The Morgan fingerprint density at radius 3 is 2.50 bits per heavy atom. The molecule has 4 amide bonds. The van der Waals surface area contributed by atoms with Crippen molar-refractivity contribution >= 4 is 23.6 Å². The van der Waals surface area contributed by atoms with Crippen LogP contribution in [0, 0.1) is 23.7 Å². The van der Waals surface area contributed by atoms with Gasteiger partial charge in [0, 0.05) is 6.42 Å². The molecule has 4 atom stereocenters. The molecule has 0 aromatic heterocycles. The fourth-order valence-electron chi connectivity index (χ4n) is 3.45. The van der Waals surface area contributed by atoms with Crippen LogP contribution in [0.5, 0.6) is 0 Å². The molecule has 20 heavy (non-hydrogen) atoms. The van der Waals surface area contributed by atoms with Crippen molar-refractivity contribution in [2.24, 2.45) is 23.7 Å². The number of carbonyl (C=O) groups is 4. The molecule has 2 heterocycles. The van der Waals surface area contributed by atoms with Crippen molar-refractivity contribution in [3.8, 4) is 0 Å². The van der Waals surface area contributed by atoms with Gasteiger partial charge in [0.05, 0.1) is 17.8 Å². The maximum absolute atomic E-state index is 11.8. The van der Waals surface area contributed by atoms with Gasteiger partial charge in [0.25, 0.3) is 11.8 Å². The molecular formula is C13H14N2O5. The predicted octanol–water partition coefficient (Wildman–Crippen LogP) is -0.394. The third kappa shape index (κ3) is 1.70. The summed E-state index contributed by atoms with van der Waals surface area (Å²) in [5, 5.41) is 11.7. The predicted molar refractivity (Wildman–Crippen MR) is 63.7 cm³/mol. The fourth-order valence-corrected chi connectivity index (χ4v) is 3.45. The van der Waals surface area contributed by atoms with E-state index >= 15 is 0 Å². The zero-order chi connectivity index (χ0) is 14.6. The van der Waals surface area contributed by atoms with Gasteiger partial charge in [0.2, 0.25) is 11.8 Å². The molecular weight excluding hydrogens is 264 g/mol. The largest absolute Gasteiger partial charge is 0.296 e. The second-order valence-corrected chi connectivity index (χ2v) is 5.60. The van der Waals surface area contributed by atoms with Gasteiger partial charge in [-0.2, -0.15) is 5.06 Å². The van der Waals surface area contributed by atoms with Crippen LogP contribution >= 0.6 is 0 Å². The molecule has 2 fully saturated rings. The summed E-state index contributed by atoms with van der Waals surface area (Å²) < 4.78 is 0. The van der Waals surface area contributed by atoms with E-state index in [9.17, 15) is 24.4 Å². The number of carbonyl (C=O) groups excluding carboxylic acids is 4. The van der Waals surface area contributed by atoms with E-state index in [1.54, 1.807) is 13.0 Å². The molecule has 2 saturated heterocycles. The van der Waals surface area contributed by atoms with Crippen LogP contribution in [0.15, 0.2) is 11.6 Å². The van der Waals surface area contributed by atoms with Crippen LogP contribution in [0.3, 0.4) is 0 Å². The van der Waals surface area contributed by atoms with Crippen molar-refractivity contribution < 1.29 is 24.4 Å². The van der Waals surface area contributed by atoms with Gasteiger partial charge < -0.3 is 0 Å². The quantitative estimate of drug-likeness (QED) is 0.386. The Bertz CT molecular complexity index is 567. The van der Waals surface area contributed by atoms with Crippen LogP contribution < -0.4 is 5.32 Å². The number of amides is 4. The van der Waals surface area contributed by atoms with E-state index in [1.165, 1.54) is 0 Å². The Morgan fingerprint density at radius 2 is 1.90 bits per heavy atom. The van der Waals surface area contributed by atoms with Crippen molar-refractivity contribution in [2.45, 2.75) is 19.8 Å². The average Bonchev–Trinajstić information content (AvgIpc) is 2.82. The van der Waals surface area contributed by atoms with E-state index in [2.05, 4.69) is 5.32 Å². The summed E-state index contributed by atoms with van der Waals surface area (Å²) >= 11 is 0. The van der Waals surface area contributed by atoms with Crippen LogP contribution in [-0.4, -0.2) is 33.9 Å². The molecule has 4 unspecified atom stereocenters. The first kappa shape index (κ1) is 13.0. The molecule has 1 aliphatic carbocycles. The number of allylic oxidation sites excluding steroid dienone is 1. The number of hydroxylamine groups is 2. The number of nitrogens with zero attached hydrogens (tertiary/aromatic N) is 1. The second-order valence-electron chi connectivity index (χ2n) is 5.60. The number of imide groups is 2. The van der Waals surface area contributed by atoms with Crippen molar-refractivity contribution in [3.05, 3.63) is 11.6 Å². The lowest BCUT2D eigenvalue weighted by Crippen LogP contribution is -2.33. The first-order valence-corrected chi connectivity index (χ1v) is 6.49. The molecule has 7 heteroatoms. The number of rotatable bonds is 1. The van der Waals surface area contributed by atoms with E-state index in [0.717, 1.165) is 5.57 Å². The highest BCUT2D eigenvalue weighted by molar-refractivity contribution is 6.07. The van der Waals surface area contributed by atoms with Gasteiger partial charge in [0.1, 0.15) is 0 Å². The normalized spacial score (nSPS) is 37.1. The topological polar surface area (TPSA) is 104 Å². The smallest absolute Gasteiger partial charge is 0.257 e. The van der Waals surface area contributed by atoms with Gasteiger partial charge in [0.15, 0.2) is 0 Å². The zero-order valence-electron chi connectivity index (χ0n) is 10.8. The molecule has 2 aliphatic heterocycles.